The zero-order chi connectivity index (χ0) is 31.5. The maximum Gasteiger partial charge on any atom is 0.243 e. The molecule has 3 atom stereocenters. The van der Waals surface area contributed by atoms with Gasteiger partial charge < -0.3 is 20.9 Å². The van der Waals surface area contributed by atoms with E-state index in [0.717, 1.165) is 59.2 Å². The number of likely N-dealkylation sites (tertiary alicyclic amines) is 2. The number of amides is 3. The molecule has 0 bridgehead atoms. The first-order valence-electron chi connectivity index (χ1n) is 15.7. The van der Waals surface area contributed by atoms with Crippen molar-refractivity contribution in [2.75, 3.05) is 19.6 Å². The van der Waals surface area contributed by atoms with Crippen molar-refractivity contribution in [3.05, 3.63) is 66.0 Å². The molecule has 45 heavy (non-hydrogen) atoms. The molecule has 2 aliphatic rings. The topological polar surface area (TPSA) is 144 Å². The second kappa shape index (κ2) is 13.2. The van der Waals surface area contributed by atoms with E-state index < -0.39 is 12.1 Å². The summed E-state index contributed by atoms with van der Waals surface area (Å²) in [5, 5.41) is 15.6. The van der Waals surface area contributed by atoms with Crippen LogP contribution in [-0.2, 0) is 41.4 Å². The molecule has 0 aliphatic carbocycles. The average molecular weight is 612 g/mol. The normalized spacial score (nSPS) is 18.9. The quantitative estimate of drug-likeness (QED) is 0.280. The molecule has 0 radical (unpaired) electrons. The van der Waals surface area contributed by atoms with Crippen LogP contribution in [0.5, 0.6) is 0 Å². The molecule has 6 rings (SSSR count). The fourth-order valence-corrected chi connectivity index (χ4v) is 6.59. The Kier molecular flexibility index (Phi) is 8.92. The van der Waals surface area contributed by atoms with Crippen LogP contribution in [0.1, 0.15) is 43.2 Å². The number of hydrogen-bond acceptors (Lipinski definition) is 7. The van der Waals surface area contributed by atoms with Gasteiger partial charge in [0.2, 0.25) is 17.7 Å². The average Bonchev–Trinajstić information content (AvgIpc) is 3.86. The first-order valence-corrected chi connectivity index (χ1v) is 15.7. The molecule has 0 spiro atoms. The summed E-state index contributed by atoms with van der Waals surface area (Å²) in [7, 11) is 3.73. The Morgan fingerprint density at radius 2 is 1.87 bits per heavy atom. The number of nitrogens with one attached hydrogen (secondary N) is 1. The van der Waals surface area contributed by atoms with Crippen molar-refractivity contribution in [3.63, 3.8) is 0 Å². The van der Waals surface area contributed by atoms with Crippen molar-refractivity contribution in [3.8, 4) is 11.1 Å². The van der Waals surface area contributed by atoms with E-state index in [0.29, 0.717) is 25.9 Å². The monoisotopic (exact) mass is 611 g/mol. The Labute approximate surface area is 262 Å². The Morgan fingerprint density at radius 3 is 2.64 bits per heavy atom. The summed E-state index contributed by atoms with van der Waals surface area (Å²) >= 11 is 0. The van der Waals surface area contributed by atoms with Crippen LogP contribution in [0.3, 0.4) is 0 Å². The highest BCUT2D eigenvalue weighted by Crippen LogP contribution is 2.29. The van der Waals surface area contributed by atoms with E-state index in [1.54, 1.807) is 14.3 Å². The molecule has 2 aromatic carbocycles. The second-order valence-electron chi connectivity index (χ2n) is 12.4. The lowest BCUT2D eigenvalue weighted by molar-refractivity contribution is -0.140. The lowest BCUT2D eigenvalue weighted by Gasteiger charge is -2.27. The van der Waals surface area contributed by atoms with E-state index in [1.807, 2.05) is 55.7 Å². The molecular weight excluding hydrogens is 570 g/mol. The van der Waals surface area contributed by atoms with Crippen LogP contribution in [0.25, 0.3) is 22.2 Å². The van der Waals surface area contributed by atoms with Gasteiger partial charge in [0.15, 0.2) is 0 Å². The maximum atomic E-state index is 13.7. The van der Waals surface area contributed by atoms with E-state index in [-0.39, 0.29) is 36.5 Å². The Morgan fingerprint density at radius 1 is 1.04 bits per heavy atom. The molecule has 236 valence electrons. The Bertz CT molecular complexity index is 1690. The zero-order valence-electron chi connectivity index (χ0n) is 25.9. The third-order valence-corrected chi connectivity index (χ3v) is 9.05. The summed E-state index contributed by atoms with van der Waals surface area (Å²) in [5.41, 5.74) is 12.2. The molecule has 4 aromatic rings. The minimum atomic E-state index is -0.849. The van der Waals surface area contributed by atoms with Gasteiger partial charge in [-0.15, -0.1) is 5.10 Å². The fourth-order valence-electron chi connectivity index (χ4n) is 6.59. The summed E-state index contributed by atoms with van der Waals surface area (Å²) in [4.78, 5) is 43.5. The molecule has 4 heterocycles. The molecule has 2 aromatic heterocycles. The van der Waals surface area contributed by atoms with Crippen LogP contribution in [0, 0.1) is 5.92 Å². The molecule has 0 saturated carbocycles. The van der Waals surface area contributed by atoms with Crippen molar-refractivity contribution in [2.45, 2.75) is 57.2 Å². The van der Waals surface area contributed by atoms with E-state index >= 15 is 0 Å². The molecule has 2 fully saturated rings. The molecule has 3 N–H and O–H groups in total. The van der Waals surface area contributed by atoms with Gasteiger partial charge in [-0.05, 0) is 66.8 Å². The maximum absolute atomic E-state index is 13.7. The molecule has 2 saturated heterocycles. The largest absolute Gasteiger partial charge is 0.350 e. The molecule has 3 amide bonds. The number of nitrogens with zero attached hydrogens (tertiary/aromatic N) is 7. The first kappa shape index (κ1) is 30.4. The molecule has 12 nitrogen and oxygen atoms in total. The summed E-state index contributed by atoms with van der Waals surface area (Å²) in [6.07, 6.45) is 7.58. The van der Waals surface area contributed by atoms with Crippen LogP contribution >= 0.6 is 0 Å². The minimum Gasteiger partial charge on any atom is -0.350 e. The van der Waals surface area contributed by atoms with E-state index in [2.05, 4.69) is 38.9 Å². The molecule has 12 heteroatoms. The van der Waals surface area contributed by atoms with Crippen LogP contribution in [0.15, 0.2) is 54.9 Å². The van der Waals surface area contributed by atoms with Gasteiger partial charge in [-0.2, -0.15) is 5.10 Å². The molecule has 0 unspecified atom stereocenters. The van der Waals surface area contributed by atoms with Gasteiger partial charge in [-0.25, -0.2) is 4.68 Å². The second-order valence-corrected chi connectivity index (χ2v) is 12.4. The minimum absolute atomic E-state index is 0.0397. The van der Waals surface area contributed by atoms with Gasteiger partial charge >= 0.3 is 0 Å². The standard InChI is InChI=1S/C33H41N9O3/c1-39-21-26(19-36-39)25-7-5-6-22(15-25)14-24-17-30(32(44)35-18-23-8-10-29-28(16-23)37-38-40(29)2)42(20-24)33(45)27(34)9-11-31(43)41-12-3-4-13-41/h5-8,10,15-16,19,21,24,27,30H,3-4,9,11-14,17-18,20,34H2,1-2H3,(H,35,44)/t24-,27-,30+/m1/s1. The number of hydrogen-bond donors (Lipinski definition) is 2. The zero-order valence-corrected chi connectivity index (χ0v) is 25.9. The van der Waals surface area contributed by atoms with Crippen LogP contribution in [0.4, 0.5) is 0 Å². The molecular formula is C33H41N9O3. The third-order valence-electron chi connectivity index (χ3n) is 9.05. The van der Waals surface area contributed by atoms with Gasteiger partial charge in [-0.3, -0.25) is 19.1 Å². The summed E-state index contributed by atoms with van der Waals surface area (Å²) in [6, 6.07) is 12.6. The van der Waals surface area contributed by atoms with Crippen molar-refractivity contribution < 1.29 is 14.4 Å². The lowest BCUT2D eigenvalue weighted by Crippen LogP contribution is -2.51. The van der Waals surface area contributed by atoms with Crippen molar-refractivity contribution in [1.82, 2.24) is 39.9 Å². The number of benzene rings is 2. The number of fused-ring (bicyclic) bond motifs is 1. The van der Waals surface area contributed by atoms with Gasteiger partial charge in [0, 0.05) is 58.5 Å². The number of rotatable bonds is 10. The van der Waals surface area contributed by atoms with Gasteiger partial charge in [-0.1, -0.05) is 35.5 Å². The van der Waals surface area contributed by atoms with Gasteiger partial charge in [0.1, 0.15) is 11.6 Å². The Balaban J connectivity index is 1.15. The Hall–Kier alpha value is -4.58. The van der Waals surface area contributed by atoms with Crippen LogP contribution in [0.2, 0.25) is 0 Å². The van der Waals surface area contributed by atoms with E-state index in [1.165, 1.54) is 0 Å². The number of carbonyl (C=O) groups is 3. The number of carbonyl (C=O) groups excluding carboxylic acids is 3. The fraction of sp³-hybridized carbons (Fsp3) is 0.455. The predicted molar refractivity (Wildman–Crippen MR) is 169 cm³/mol. The smallest absolute Gasteiger partial charge is 0.243 e. The number of aryl methyl sites for hydroxylation is 2. The third kappa shape index (κ3) is 6.90. The van der Waals surface area contributed by atoms with Crippen LogP contribution < -0.4 is 11.1 Å². The highest BCUT2D eigenvalue weighted by molar-refractivity contribution is 5.91. The highest BCUT2D eigenvalue weighted by atomic mass is 16.2. The molecule has 2 aliphatic heterocycles. The summed E-state index contributed by atoms with van der Waals surface area (Å²) < 4.78 is 3.48. The highest BCUT2D eigenvalue weighted by Gasteiger charge is 2.41. The SMILES string of the molecule is Cn1cc(-c2cccc(C[C@@H]3C[C@@H](C(=O)NCc4ccc5c(c4)nnn5C)N(C(=O)[C@H](N)CCC(=O)N4CCCC4)C3)c2)cn1. The lowest BCUT2D eigenvalue weighted by atomic mass is 9.94. The van der Waals surface area contributed by atoms with E-state index in [9.17, 15) is 14.4 Å². The van der Waals surface area contributed by atoms with Crippen molar-refractivity contribution in [1.29, 1.82) is 0 Å². The number of aromatic nitrogens is 5. The summed E-state index contributed by atoms with van der Waals surface area (Å²) in [6.45, 7) is 2.26. The van der Waals surface area contributed by atoms with Gasteiger partial charge in [0.25, 0.3) is 0 Å². The summed E-state index contributed by atoms with van der Waals surface area (Å²) in [5.74, 6) is -0.382. The van der Waals surface area contributed by atoms with E-state index in [4.69, 9.17) is 5.73 Å². The predicted octanol–water partition coefficient (Wildman–Crippen LogP) is 2.17. The van der Waals surface area contributed by atoms with Gasteiger partial charge in [0.05, 0.1) is 17.8 Å². The van der Waals surface area contributed by atoms with Crippen LogP contribution in [-0.4, -0.2) is 84.0 Å². The van der Waals surface area contributed by atoms with Crippen molar-refractivity contribution in [2.24, 2.45) is 25.7 Å². The first-order chi connectivity index (χ1) is 21.7. The van der Waals surface area contributed by atoms with Crippen molar-refractivity contribution >= 4 is 28.8 Å². The number of nitrogens with two attached hydrogens (primary N) is 1.